The Morgan fingerprint density at radius 1 is 0.926 bits per heavy atom. The smallest absolute Gasteiger partial charge is 0.240 e. The Morgan fingerprint density at radius 3 is 2.26 bits per heavy atom. The highest BCUT2D eigenvalue weighted by molar-refractivity contribution is 7.89. The number of anilines is 1. The van der Waals surface area contributed by atoms with Crippen molar-refractivity contribution >= 4 is 15.7 Å². The highest BCUT2D eigenvalue weighted by atomic mass is 32.2. The average molecular weight is 386 g/mol. The minimum atomic E-state index is -3.61. The minimum absolute atomic E-state index is 0.121. The van der Waals surface area contributed by atoms with Crippen molar-refractivity contribution in [2.75, 3.05) is 5.73 Å². The lowest BCUT2D eigenvalue weighted by atomic mass is 10.2. The van der Waals surface area contributed by atoms with Crippen LogP contribution in [0.5, 0.6) is 5.75 Å². The second-order valence-electron chi connectivity index (χ2n) is 5.92. The van der Waals surface area contributed by atoms with Gasteiger partial charge >= 0.3 is 0 Å². The monoisotopic (exact) mass is 386 g/mol. The first-order chi connectivity index (χ1) is 12.9. The van der Waals surface area contributed by atoms with E-state index < -0.39 is 10.0 Å². The number of sulfonamides is 1. The molecule has 0 atom stereocenters. The van der Waals surface area contributed by atoms with Crippen LogP contribution in [0.4, 0.5) is 10.1 Å². The van der Waals surface area contributed by atoms with Crippen molar-refractivity contribution in [1.29, 1.82) is 0 Å². The molecule has 3 aromatic carbocycles. The first-order valence-corrected chi connectivity index (χ1v) is 9.73. The summed E-state index contributed by atoms with van der Waals surface area (Å²) in [4.78, 5) is 0.154. The molecule has 0 unspecified atom stereocenters. The van der Waals surface area contributed by atoms with Gasteiger partial charge in [0.1, 0.15) is 18.2 Å². The van der Waals surface area contributed by atoms with E-state index in [0.717, 1.165) is 5.56 Å². The number of nitrogens with two attached hydrogens (primary N) is 1. The minimum Gasteiger partial charge on any atom is -0.489 e. The number of halogens is 1. The Bertz CT molecular complexity index is 1000. The van der Waals surface area contributed by atoms with Crippen molar-refractivity contribution < 1.29 is 17.5 Å². The van der Waals surface area contributed by atoms with Crippen LogP contribution in [0.25, 0.3) is 0 Å². The van der Waals surface area contributed by atoms with Crippen LogP contribution in [0.15, 0.2) is 77.7 Å². The van der Waals surface area contributed by atoms with Crippen molar-refractivity contribution in [3.63, 3.8) is 0 Å². The quantitative estimate of drug-likeness (QED) is 0.609. The SMILES string of the molecule is Nc1ccc(S(=O)(=O)NCc2ccc(OCc3ccccc3F)cc2)cc1. The van der Waals surface area contributed by atoms with Crippen LogP contribution in [-0.4, -0.2) is 8.42 Å². The summed E-state index contributed by atoms with van der Waals surface area (Å²) in [7, 11) is -3.61. The summed E-state index contributed by atoms with van der Waals surface area (Å²) >= 11 is 0. The number of nitrogens with one attached hydrogen (secondary N) is 1. The Hall–Kier alpha value is -2.90. The molecule has 3 N–H and O–H groups in total. The molecule has 0 aliphatic heterocycles. The maximum Gasteiger partial charge on any atom is 0.240 e. The third-order valence-corrected chi connectivity index (χ3v) is 5.35. The van der Waals surface area contributed by atoms with Gasteiger partial charge in [-0.3, -0.25) is 0 Å². The molecule has 27 heavy (non-hydrogen) atoms. The molecule has 0 fully saturated rings. The van der Waals surface area contributed by atoms with Gasteiger partial charge in [0.05, 0.1) is 4.90 Å². The lowest BCUT2D eigenvalue weighted by Gasteiger charge is -2.09. The molecule has 5 nitrogen and oxygen atoms in total. The molecule has 0 saturated carbocycles. The highest BCUT2D eigenvalue weighted by Gasteiger charge is 2.13. The van der Waals surface area contributed by atoms with Gasteiger partial charge in [0.25, 0.3) is 0 Å². The predicted molar refractivity (Wildman–Crippen MR) is 102 cm³/mol. The lowest BCUT2D eigenvalue weighted by Crippen LogP contribution is -2.23. The summed E-state index contributed by atoms with van der Waals surface area (Å²) in [5.41, 5.74) is 7.31. The Balaban J connectivity index is 1.57. The Kier molecular flexibility index (Phi) is 5.73. The average Bonchev–Trinajstić information content (AvgIpc) is 2.67. The van der Waals surface area contributed by atoms with E-state index in [1.165, 1.54) is 30.3 Å². The van der Waals surface area contributed by atoms with Crippen molar-refractivity contribution in [2.24, 2.45) is 0 Å². The molecule has 7 heteroatoms. The number of hydrogen-bond acceptors (Lipinski definition) is 4. The van der Waals surface area contributed by atoms with Gasteiger partial charge in [-0.2, -0.15) is 0 Å². The number of ether oxygens (including phenoxy) is 1. The molecule has 0 aromatic heterocycles. The third-order valence-electron chi connectivity index (χ3n) is 3.93. The van der Waals surface area contributed by atoms with E-state index in [0.29, 0.717) is 17.0 Å². The molecular weight excluding hydrogens is 367 g/mol. The zero-order valence-electron chi connectivity index (χ0n) is 14.4. The summed E-state index contributed by atoms with van der Waals surface area (Å²) in [5.74, 6) is 0.259. The molecule has 0 spiro atoms. The van der Waals surface area contributed by atoms with Crippen LogP contribution in [0.3, 0.4) is 0 Å². The highest BCUT2D eigenvalue weighted by Crippen LogP contribution is 2.17. The number of benzene rings is 3. The topological polar surface area (TPSA) is 81.4 Å². The van der Waals surface area contributed by atoms with E-state index in [9.17, 15) is 12.8 Å². The van der Waals surface area contributed by atoms with Gasteiger partial charge in [0.2, 0.25) is 10.0 Å². The van der Waals surface area contributed by atoms with E-state index in [-0.39, 0.29) is 23.9 Å². The lowest BCUT2D eigenvalue weighted by molar-refractivity contribution is 0.300. The zero-order chi connectivity index (χ0) is 19.3. The molecule has 0 heterocycles. The van der Waals surface area contributed by atoms with Crippen molar-refractivity contribution in [1.82, 2.24) is 4.72 Å². The Labute approximate surface area is 157 Å². The molecule has 3 rings (SSSR count). The maximum absolute atomic E-state index is 13.6. The van der Waals surface area contributed by atoms with Crippen molar-refractivity contribution in [2.45, 2.75) is 18.0 Å². The van der Waals surface area contributed by atoms with E-state index in [2.05, 4.69) is 4.72 Å². The van der Waals surface area contributed by atoms with Crippen LogP contribution >= 0.6 is 0 Å². The van der Waals surface area contributed by atoms with Gasteiger partial charge in [-0.15, -0.1) is 0 Å². The predicted octanol–water partition coefficient (Wildman–Crippen LogP) is 3.47. The molecule has 140 valence electrons. The van der Waals surface area contributed by atoms with E-state index >= 15 is 0 Å². The molecule has 0 aliphatic carbocycles. The first-order valence-electron chi connectivity index (χ1n) is 8.24. The van der Waals surface area contributed by atoms with Gasteiger partial charge in [-0.25, -0.2) is 17.5 Å². The molecule has 0 saturated heterocycles. The van der Waals surface area contributed by atoms with Gasteiger partial charge in [-0.05, 0) is 48.0 Å². The fraction of sp³-hybridized carbons (Fsp3) is 0.100. The Morgan fingerprint density at radius 2 is 1.59 bits per heavy atom. The maximum atomic E-state index is 13.6. The van der Waals surface area contributed by atoms with Crippen LogP contribution < -0.4 is 15.2 Å². The largest absolute Gasteiger partial charge is 0.489 e. The number of rotatable bonds is 7. The standard InChI is InChI=1S/C20H19FN2O3S/c21-20-4-2-1-3-16(20)14-26-18-9-5-15(6-10-18)13-23-27(24,25)19-11-7-17(22)8-12-19/h1-12,23H,13-14,22H2. The molecule has 0 aliphatic rings. The van der Waals surface area contributed by atoms with E-state index in [1.54, 1.807) is 42.5 Å². The zero-order valence-corrected chi connectivity index (χ0v) is 15.2. The van der Waals surface area contributed by atoms with Crippen LogP contribution in [0.1, 0.15) is 11.1 Å². The fourth-order valence-electron chi connectivity index (χ4n) is 2.39. The van der Waals surface area contributed by atoms with E-state index in [1.807, 2.05) is 0 Å². The van der Waals surface area contributed by atoms with Gasteiger partial charge in [0, 0.05) is 17.8 Å². The summed E-state index contributed by atoms with van der Waals surface area (Å²) in [5, 5.41) is 0. The summed E-state index contributed by atoms with van der Waals surface area (Å²) in [6.45, 7) is 0.260. The number of nitrogen functional groups attached to an aromatic ring is 1. The molecule has 3 aromatic rings. The normalized spacial score (nSPS) is 11.3. The summed E-state index contributed by atoms with van der Waals surface area (Å²) in [6, 6.07) is 19.3. The molecular formula is C20H19FN2O3S. The van der Waals surface area contributed by atoms with Gasteiger partial charge in [-0.1, -0.05) is 30.3 Å². The van der Waals surface area contributed by atoms with Gasteiger partial charge in [0.15, 0.2) is 0 Å². The molecule has 0 bridgehead atoms. The second kappa shape index (κ2) is 8.20. The van der Waals surface area contributed by atoms with Crippen LogP contribution in [0.2, 0.25) is 0 Å². The fourth-order valence-corrected chi connectivity index (χ4v) is 3.41. The van der Waals surface area contributed by atoms with Crippen LogP contribution in [-0.2, 0) is 23.2 Å². The second-order valence-corrected chi connectivity index (χ2v) is 7.68. The summed E-state index contributed by atoms with van der Waals surface area (Å²) < 4.78 is 46.2. The van der Waals surface area contributed by atoms with E-state index in [4.69, 9.17) is 10.5 Å². The number of hydrogen-bond donors (Lipinski definition) is 2. The molecule has 0 amide bonds. The third kappa shape index (κ3) is 5.06. The van der Waals surface area contributed by atoms with Gasteiger partial charge < -0.3 is 10.5 Å². The van der Waals surface area contributed by atoms with Crippen molar-refractivity contribution in [3.05, 3.63) is 89.7 Å². The summed E-state index contributed by atoms with van der Waals surface area (Å²) in [6.07, 6.45) is 0. The molecule has 0 radical (unpaired) electrons. The van der Waals surface area contributed by atoms with Crippen LogP contribution in [0, 0.1) is 5.82 Å². The van der Waals surface area contributed by atoms with Crippen molar-refractivity contribution in [3.8, 4) is 5.75 Å². The first kappa shape index (κ1) is 18.9.